The van der Waals surface area contributed by atoms with Gasteiger partial charge in [0.1, 0.15) is 0 Å². The van der Waals surface area contributed by atoms with E-state index in [9.17, 15) is 9.59 Å². The lowest BCUT2D eigenvalue weighted by Gasteiger charge is -2.17. The second kappa shape index (κ2) is 4.18. The summed E-state index contributed by atoms with van der Waals surface area (Å²) in [5, 5.41) is 8.92. The van der Waals surface area contributed by atoms with Crippen molar-refractivity contribution in [3.8, 4) is 0 Å². The molecule has 1 heterocycles. The van der Waals surface area contributed by atoms with Gasteiger partial charge in [-0.05, 0) is 30.7 Å². The third-order valence-electron chi connectivity index (χ3n) is 2.91. The Balaban J connectivity index is 2.32. The van der Waals surface area contributed by atoms with Crippen LogP contribution in [0.1, 0.15) is 22.3 Å². The van der Waals surface area contributed by atoms with Crippen molar-refractivity contribution in [2.45, 2.75) is 19.4 Å². The number of carboxylic acids is 1. The SMILES string of the molecule is Cc1cc(N2CC(N)CC2=O)ccc1C(=O)O. The normalized spacial score (nSPS) is 19.8. The van der Waals surface area contributed by atoms with Gasteiger partial charge < -0.3 is 15.7 Å². The summed E-state index contributed by atoms with van der Waals surface area (Å²) in [6.45, 7) is 2.21. The van der Waals surface area contributed by atoms with Crippen LogP contribution in [0.5, 0.6) is 0 Å². The van der Waals surface area contributed by atoms with Crippen molar-refractivity contribution in [2.75, 3.05) is 11.4 Å². The summed E-state index contributed by atoms with van der Waals surface area (Å²) in [5.74, 6) is -0.974. The van der Waals surface area contributed by atoms with Gasteiger partial charge in [-0.15, -0.1) is 0 Å². The van der Waals surface area contributed by atoms with Gasteiger partial charge in [-0.3, -0.25) is 4.79 Å². The van der Waals surface area contributed by atoms with E-state index in [4.69, 9.17) is 10.8 Å². The van der Waals surface area contributed by atoms with E-state index in [2.05, 4.69) is 0 Å². The predicted molar refractivity (Wildman–Crippen MR) is 63.1 cm³/mol. The van der Waals surface area contributed by atoms with Gasteiger partial charge in [0.05, 0.1) is 5.56 Å². The molecule has 1 aliphatic heterocycles. The summed E-state index contributed by atoms with van der Waals surface area (Å²) in [4.78, 5) is 24.1. The molecule has 0 bridgehead atoms. The van der Waals surface area contributed by atoms with Crippen LogP contribution in [0.25, 0.3) is 0 Å². The molecule has 2 rings (SSSR count). The molecule has 0 saturated carbocycles. The summed E-state index contributed by atoms with van der Waals surface area (Å²) in [6, 6.07) is 4.73. The van der Waals surface area contributed by atoms with Gasteiger partial charge in [-0.2, -0.15) is 0 Å². The maximum absolute atomic E-state index is 11.6. The van der Waals surface area contributed by atoms with Gasteiger partial charge in [0.25, 0.3) is 0 Å². The van der Waals surface area contributed by atoms with E-state index in [0.717, 1.165) is 0 Å². The minimum Gasteiger partial charge on any atom is -0.478 e. The van der Waals surface area contributed by atoms with Crippen molar-refractivity contribution < 1.29 is 14.7 Å². The fourth-order valence-electron chi connectivity index (χ4n) is 2.04. The molecule has 1 aromatic carbocycles. The molecule has 0 aliphatic carbocycles. The summed E-state index contributed by atoms with van der Waals surface area (Å²) in [7, 11) is 0. The molecular formula is C12H14N2O3. The van der Waals surface area contributed by atoms with Crippen LogP contribution in [0.3, 0.4) is 0 Å². The lowest BCUT2D eigenvalue weighted by Crippen LogP contribution is -2.28. The number of hydrogen-bond donors (Lipinski definition) is 2. The molecule has 0 spiro atoms. The Hall–Kier alpha value is -1.88. The Labute approximate surface area is 98.8 Å². The largest absolute Gasteiger partial charge is 0.478 e. The first-order valence-electron chi connectivity index (χ1n) is 5.39. The number of aryl methyl sites for hydroxylation is 1. The molecule has 1 unspecified atom stereocenters. The molecule has 90 valence electrons. The van der Waals surface area contributed by atoms with E-state index in [0.29, 0.717) is 24.2 Å². The van der Waals surface area contributed by atoms with Gasteiger partial charge in [-0.25, -0.2) is 4.79 Å². The van der Waals surface area contributed by atoms with E-state index >= 15 is 0 Å². The summed E-state index contributed by atoms with van der Waals surface area (Å²) < 4.78 is 0. The molecule has 1 aliphatic rings. The zero-order valence-corrected chi connectivity index (χ0v) is 9.51. The lowest BCUT2D eigenvalue weighted by molar-refractivity contribution is -0.117. The number of carbonyl (C=O) groups is 2. The second-order valence-electron chi connectivity index (χ2n) is 4.27. The number of benzene rings is 1. The molecule has 0 aromatic heterocycles. The van der Waals surface area contributed by atoms with Crippen LogP contribution in [-0.2, 0) is 4.79 Å². The van der Waals surface area contributed by atoms with Crippen molar-refractivity contribution in [1.29, 1.82) is 0 Å². The molecule has 5 nitrogen and oxygen atoms in total. The summed E-state index contributed by atoms with van der Waals surface area (Å²) in [5.41, 5.74) is 7.32. The highest BCUT2D eigenvalue weighted by Crippen LogP contribution is 2.23. The van der Waals surface area contributed by atoms with Crippen LogP contribution in [0, 0.1) is 6.92 Å². The Bertz CT molecular complexity index is 485. The van der Waals surface area contributed by atoms with Crippen molar-refractivity contribution >= 4 is 17.6 Å². The Morgan fingerprint density at radius 2 is 2.24 bits per heavy atom. The van der Waals surface area contributed by atoms with E-state index in [1.54, 1.807) is 24.0 Å². The molecule has 1 amide bonds. The average molecular weight is 234 g/mol. The van der Waals surface area contributed by atoms with E-state index in [1.807, 2.05) is 0 Å². The third-order valence-corrected chi connectivity index (χ3v) is 2.91. The van der Waals surface area contributed by atoms with E-state index < -0.39 is 5.97 Å². The highest BCUT2D eigenvalue weighted by Gasteiger charge is 2.28. The summed E-state index contributed by atoms with van der Waals surface area (Å²) >= 11 is 0. The number of hydrogen-bond acceptors (Lipinski definition) is 3. The first kappa shape index (κ1) is 11.6. The van der Waals surface area contributed by atoms with Crippen LogP contribution in [0.2, 0.25) is 0 Å². The van der Waals surface area contributed by atoms with Crippen molar-refractivity contribution in [2.24, 2.45) is 5.73 Å². The van der Waals surface area contributed by atoms with Gasteiger partial charge in [0, 0.05) is 24.7 Å². The number of nitrogens with two attached hydrogens (primary N) is 1. The molecule has 0 radical (unpaired) electrons. The fraction of sp³-hybridized carbons (Fsp3) is 0.333. The lowest BCUT2D eigenvalue weighted by atomic mass is 10.1. The zero-order valence-electron chi connectivity index (χ0n) is 9.51. The fourth-order valence-corrected chi connectivity index (χ4v) is 2.04. The van der Waals surface area contributed by atoms with Crippen LogP contribution >= 0.6 is 0 Å². The van der Waals surface area contributed by atoms with Crippen molar-refractivity contribution in [1.82, 2.24) is 0 Å². The van der Waals surface area contributed by atoms with Crippen LogP contribution in [0.15, 0.2) is 18.2 Å². The highest BCUT2D eigenvalue weighted by molar-refractivity contribution is 5.97. The number of amides is 1. The van der Waals surface area contributed by atoms with Gasteiger partial charge >= 0.3 is 5.97 Å². The van der Waals surface area contributed by atoms with Crippen LogP contribution < -0.4 is 10.6 Å². The van der Waals surface area contributed by atoms with Crippen molar-refractivity contribution in [3.05, 3.63) is 29.3 Å². The van der Waals surface area contributed by atoms with E-state index in [1.165, 1.54) is 6.07 Å². The van der Waals surface area contributed by atoms with Crippen molar-refractivity contribution in [3.63, 3.8) is 0 Å². The molecule has 17 heavy (non-hydrogen) atoms. The monoisotopic (exact) mass is 234 g/mol. The maximum atomic E-state index is 11.6. The molecular weight excluding hydrogens is 220 g/mol. The average Bonchev–Trinajstić information content (AvgIpc) is 2.57. The van der Waals surface area contributed by atoms with Gasteiger partial charge in [0.2, 0.25) is 5.91 Å². The summed E-state index contributed by atoms with van der Waals surface area (Å²) in [6.07, 6.45) is 0.347. The number of nitrogens with zero attached hydrogens (tertiary/aromatic N) is 1. The van der Waals surface area contributed by atoms with Gasteiger partial charge in [-0.1, -0.05) is 0 Å². The Morgan fingerprint density at radius 3 is 2.71 bits per heavy atom. The number of carboxylic acid groups (broad SMARTS) is 1. The quantitative estimate of drug-likeness (QED) is 0.791. The molecule has 1 saturated heterocycles. The maximum Gasteiger partial charge on any atom is 0.335 e. The molecule has 1 fully saturated rings. The van der Waals surface area contributed by atoms with Gasteiger partial charge in [0.15, 0.2) is 0 Å². The minimum absolute atomic E-state index is 0.0139. The number of carbonyl (C=O) groups excluding carboxylic acids is 1. The Kier molecular flexibility index (Phi) is 2.85. The third kappa shape index (κ3) is 2.14. The van der Waals surface area contributed by atoms with Crippen LogP contribution in [0.4, 0.5) is 5.69 Å². The van der Waals surface area contributed by atoms with Crippen LogP contribution in [-0.4, -0.2) is 29.6 Å². The first-order chi connectivity index (χ1) is 7.99. The van der Waals surface area contributed by atoms with E-state index in [-0.39, 0.29) is 17.5 Å². The minimum atomic E-state index is -0.960. The predicted octanol–water partition coefficient (Wildman–Crippen LogP) is 0.757. The first-order valence-corrected chi connectivity index (χ1v) is 5.39. The number of aromatic carboxylic acids is 1. The molecule has 5 heteroatoms. The zero-order chi connectivity index (χ0) is 12.6. The Morgan fingerprint density at radius 1 is 1.53 bits per heavy atom. The second-order valence-corrected chi connectivity index (χ2v) is 4.27. The number of anilines is 1. The topological polar surface area (TPSA) is 83.6 Å². The smallest absolute Gasteiger partial charge is 0.335 e. The molecule has 3 N–H and O–H groups in total. The molecule has 1 atom stereocenters. The standard InChI is InChI=1S/C12H14N2O3/c1-7-4-9(2-3-10(7)12(16)17)14-6-8(13)5-11(14)15/h2-4,8H,5-6,13H2,1H3,(H,16,17). The molecule has 1 aromatic rings. The number of rotatable bonds is 2. The highest BCUT2D eigenvalue weighted by atomic mass is 16.4.